The maximum Gasteiger partial charge on any atom is 0.344 e. The summed E-state index contributed by atoms with van der Waals surface area (Å²) in [5.41, 5.74) is 1.52. The second-order valence-electron chi connectivity index (χ2n) is 5.45. The number of ketones is 1. The first-order valence-corrected chi connectivity index (χ1v) is 8.46. The van der Waals surface area contributed by atoms with Crippen LogP contribution in [0.4, 0.5) is 0 Å². The molecule has 0 aliphatic carbocycles. The third-order valence-electron chi connectivity index (χ3n) is 3.48. The second-order valence-corrected chi connectivity index (χ2v) is 6.30. The fourth-order valence-corrected chi connectivity index (χ4v) is 2.74. The van der Waals surface area contributed by atoms with Gasteiger partial charge in [0.1, 0.15) is 11.5 Å². The zero-order chi connectivity index (χ0) is 18.4. The molecule has 0 unspecified atom stereocenters. The van der Waals surface area contributed by atoms with Crippen molar-refractivity contribution in [2.24, 2.45) is 0 Å². The molecule has 0 heterocycles. The van der Waals surface area contributed by atoms with Crippen LogP contribution in [0.1, 0.15) is 22.8 Å². The second kappa shape index (κ2) is 8.67. The molecular weight excluding hydrogens is 388 g/mol. The monoisotopic (exact) mass is 406 g/mol. The summed E-state index contributed by atoms with van der Waals surface area (Å²) < 4.78 is 16.4. The van der Waals surface area contributed by atoms with E-state index in [0.717, 1.165) is 10.0 Å². The number of methoxy groups -OCH3 is 1. The van der Waals surface area contributed by atoms with Gasteiger partial charge in [-0.2, -0.15) is 0 Å². The largest absolute Gasteiger partial charge is 0.497 e. The van der Waals surface area contributed by atoms with E-state index in [1.54, 1.807) is 37.4 Å². The number of halogens is 1. The first-order chi connectivity index (χ1) is 11.9. The minimum absolute atomic E-state index is 0.276. The van der Waals surface area contributed by atoms with Crippen LogP contribution in [0.2, 0.25) is 0 Å². The van der Waals surface area contributed by atoms with Gasteiger partial charge in [0.25, 0.3) is 0 Å². The molecule has 0 N–H and O–H groups in total. The van der Waals surface area contributed by atoms with Crippen molar-refractivity contribution < 1.29 is 23.8 Å². The summed E-state index contributed by atoms with van der Waals surface area (Å²) >= 11 is 3.37. The number of aryl methyl sites for hydroxylation is 1. The molecule has 132 valence electrons. The van der Waals surface area contributed by atoms with Gasteiger partial charge in [0, 0.05) is 5.56 Å². The molecule has 0 saturated carbocycles. The minimum Gasteiger partial charge on any atom is -0.497 e. The van der Waals surface area contributed by atoms with Crippen molar-refractivity contribution in [1.82, 2.24) is 0 Å². The third-order valence-corrected chi connectivity index (χ3v) is 4.10. The van der Waals surface area contributed by atoms with E-state index in [2.05, 4.69) is 15.9 Å². The summed E-state index contributed by atoms with van der Waals surface area (Å²) in [6.45, 7) is 3.21. The van der Waals surface area contributed by atoms with Gasteiger partial charge in [-0.3, -0.25) is 4.79 Å². The van der Waals surface area contributed by atoms with Crippen LogP contribution < -0.4 is 9.47 Å². The van der Waals surface area contributed by atoms with Gasteiger partial charge in [-0.05, 0) is 71.7 Å². The van der Waals surface area contributed by atoms with E-state index in [9.17, 15) is 9.59 Å². The molecule has 0 radical (unpaired) electrons. The van der Waals surface area contributed by atoms with Crippen LogP contribution in [-0.2, 0) is 9.53 Å². The van der Waals surface area contributed by atoms with E-state index in [1.165, 1.54) is 6.92 Å². The average molecular weight is 407 g/mol. The summed E-state index contributed by atoms with van der Waals surface area (Å²) in [5, 5.41) is 0. The smallest absolute Gasteiger partial charge is 0.344 e. The molecule has 2 aromatic carbocycles. The molecule has 2 rings (SSSR count). The van der Waals surface area contributed by atoms with E-state index < -0.39 is 12.1 Å². The van der Waals surface area contributed by atoms with Crippen LogP contribution in [0.3, 0.4) is 0 Å². The van der Waals surface area contributed by atoms with Crippen LogP contribution in [0, 0.1) is 6.92 Å². The molecule has 0 aromatic heterocycles. The number of Topliss-reactive ketones (excluding diaryl/α,β-unsaturated/α-hetero) is 1. The molecule has 0 fully saturated rings. The normalized spacial score (nSPS) is 11.5. The van der Waals surface area contributed by atoms with Crippen molar-refractivity contribution in [3.8, 4) is 11.5 Å². The number of rotatable bonds is 7. The van der Waals surface area contributed by atoms with Gasteiger partial charge in [0.15, 0.2) is 12.7 Å². The third kappa shape index (κ3) is 5.32. The number of hydrogen-bond acceptors (Lipinski definition) is 5. The number of carbonyl (C=O) groups is 2. The van der Waals surface area contributed by atoms with E-state index in [1.807, 2.05) is 19.1 Å². The highest BCUT2D eigenvalue weighted by molar-refractivity contribution is 9.10. The average Bonchev–Trinajstić information content (AvgIpc) is 2.60. The lowest BCUT2D eigenvalue weighted by Crippen LogP contribution is -2.27. The lowest BCUT2D eigenvalue weighted by Gasteiger charge is -2.13. The van der Waals surface area contributed by atoms with Gasteiger partial charge in [-0.15, -0.1) is 0 Å². The van der Waals surface area contributed by atoms with Crippen LogP contribution in [0.5, 0.6) is 11.5 Å². The van der Waals surface area contributed by atoms with Crippen LogP contribution in [0.25, 0.3) is 0 Å². The van der Waals surface area contributed by atoms with Gasteiger partial charge in [-0.1, -0.05) is 6.07 Å². The lowest BCUT2D eigenvalue weighted by molar-refractivity contribution is -0.148. The predicted octanol–water partition coefficient (Wildman–Crippen LogP) is 3.96. The molecule has 0 spiro atoms. The Bertz CT molecular complexity index is 755. The van der Waals surface area contributed by atoms with Crippen LogP contribution >= 0.6 is 15.9 Å². The quantitative estimate of drug-likeness (QED) is 0.514. The number of carbonyl (C=O) groups excluding carboxylic acids is 2. The summed E-state index contributed by atoms with van der Waals surface area (Å²) in [6, 6.07) is 12.1. The Morgan fingerprint density at radius 3 is 2.40 bits per heavy atom. The first kappa shape index (κ1) is 19.0. The standard InChI is InChI=1S/C19H19BrO5/c1-12-4-9-17(16(20)10-12)24-11-18(21)25-13(2)19(22)14-5-7-15(23-3)8-6-14/h4-10,13H,11H2,1-3H3/t13-/m0/s1. The molecule has 0 aliphatic heterocycles. The van der Waals surface area contributed by atoms with Gasteiger partial charge in [-0.25, -0.2) is 4.79 Å². The van der Waals surface area contributed by atoms with Gasteiger partial charge in [0.05, 0.1) is 11.6 Å². The van der Waals surface area contributed by atoms with E-state index in [0.29, 0.717) is 17.1 Å². The molecule has 0 amide bonds. The maximum absolute atomic E-state index is 12.3. The first-order valence-electron chi connectivity index (χ1n) is 7.67. The molecule has 2 aromatic rings. The molecule has 5 nitrogen and oxygen atoms in total. The van der Waals surface area contributed by atoms with E-state index in [-0.39, 0.29) is 12.4 Å². The molecule has 0 aliphatic rings. The topological polar surface area (TPSA) is 61.8 Å². The zero-order valence-electron chi connectivity index (χ0n) is 14.2. The zero-order valence-corrected chi connectivity index (χ0v) is 15.8. The highest BCUT2D eigenvalue weighted by Gasteiger charge is 2.20. The van der Waals surface area contributed by atoms with E-state index in [4.69, 9.17) is 14.2 Å². The summed E-state index contributed by atoms with van der Waals surface area (Å²) in [7, 11) is 1.55. The predicted molar refractivity (Wildman–Crippen MR) is 97.3 cm³/mol. The molecule has 1 atom stereocenters. The van der Waals surface area contributed by atoms with Crippen molar-refractivity contribution in [3.63, 3.8) is 0 Å². The Labute approximate surface area is 155 Å². The fourth-order valence-electron chi connectivity index (χ4n) is 2.13. The molecule has 0 saturated heterocycles. The van der Waals surface area contributed by atoms with Gasteiger partial charge >= 0.3 is 5.97 Å². The Morgan fingerprint density at radius 2 is 1.80 bits per heavy atom. The summed E-state index contributed by atoms with van der Waals surface area (Å²) in [6.07, 6.45) is -0.897. The lowest BCUT2D eigenvalue weighted by atomic mass is 10.1. The molecular formula is C19H19BrO5. The van der Waals surface area contributed by atoms with Crippen molar-refractivity contribution in [2.75, 3.05) is 13.7 Å². The minimum atomic E-state index is -0.897. The molecule has 6 heteroatoms. The summed E-state index contributed by atoms with van der Waals surface area (Å²) in [4.78, 5) is 24.2. The van der Waals surface area contributed by atoms with E-state index >= 15 is 0 Å². The number of esters is 1. The Kier molecular flexibility index (Phi) is 6.58. The Hall–Kier alpha value is -2.34. The van der Waals surface area contributed by atoms with Crippen molar-refractivity contribution in [2.45, 2.75) is 20.0 Å². The van der Waals surface area contributed by atoms with Gasteiger partial charge in [0.2, 0.25) is 5.78 Å². The Balaban J connectivity index is 1.89. The Morgan fingerprint density at radius 1 is 1.12 bits per heavy atom. The number of ether oxygens (including phenoxy) is 3. The molecule has 25 heavy (non-hydrogen) atoms. The number of hydrogen-bond donors (Lipinski definition) is 0. The van der Waals surface area contributed by atoms with Crippen LogP contribution in [-0.4, -0.2) is 31.6 Å². The van der Waals surface area contributed by atoms with Crippen molar-refractivity contribution in [3.05, 3.63) is 58.1 Å². The fraction of sp³-hybridized carbons (Fsp3) is 0.263. The highest BCUT2D eigenvalue weighted by Crippen LogP contribution is 2.25. The molecule has 0 bridgehead atoms. The SMILES string of the molecule is COc1ccc(C(=O)[C@H](C)OC(=O)COc2ccc(C)cc2Br)cc1. The van der Waals surface area contributed by atoms with Crippen molar-refractivity contribution >= 4 is 27.7 Å². The van der Waals surface area contributed by atoms with Crippen molar-refractivity contribution in [1.29, 1.82) is 0 Å². The highest BCUT2D eigenvalue weighted by atomic mass is 79.9. The van der Waals surface area contributed by atoms with Crippen LogP contribution in [0.15, 0.2) is 46.9 Å². The summed E-state index contributed by atoms with van der Waals surface area (Å²) in [5.74, 6) is 0.296. The maximum atomic E-state index is 12.3. The van der Waals surface area contributed by atoms with Gasteiger partial charge < -0.3 is 14.2 Å². The number of benzene rings is 2.